The lowest BCUT2D eigenvalue weighted by molar-refractivity contribution is 0.201. The van der Waals surface area contributed by atoms with Gasteiger partial charge in [0, 0.05) is 26.2 Å². The van der Waals surface area contributed by atoms with Crippen molar-refractivity contribution in [1.29, 1.82) is 0 Å². The SMILES string of the molecule is OCCOc1ccccc1N1CCNCC1. The van der Waals surface area contributed by atoms with Gasteiger partial charge in [-0.05, 0) is 12.1 Å². The highest BCUT2D eigenvalue weighted by Crippen LogP contribution is 2.27. The third-order valence-corrected chi connectivity index (χ3v) is 2.67. The van der Waals surface area contributed by atoms with Crippen molar-refractivity contribution in [3.8, 4) is 5.75 Å². The fourth-order valence-corrected chi connectivity index (χ4v) is 1.90. The minimum absolute atomic E-state index is 0.0515. The number of aliphatic hydroxyl groups excluding tert-OH is 1. The van der Waals surface area contributed by atoms with E-state index in [9.17, 15) is 0 Å². The largest absolute Gasteiger partial charge is 0.489 e. The van der Waals surface area contributed by atoms with Crippen molar-refractivity contribution in [3.05, 3.63) is 24.3 Å². The van der Waals surface area contributed by atoms with E-state index in [-0.39, 0.29) is 6.61 Å². The first-order chi connectivity index (χ1) is 7.92. The van der Waals surface area contributed by atoms with Crippen molar-refractivity contribution in [3.63, 3.8) is 0 Å². The molecule has 4 nitrogen and oxygen atoms in total. The number of piperazine rings is 1. The summed E-state index contributed by atoms with van der Waals surface area (Å²) in [6.07, 6.45) is 0. The zero-order valence-electron chi connectivity index (χ0n) is 9.35. The molecular formula is C12H18N2O2. The average molecular weight is 222 g/mol. The van der Waals surface area contributed by atoms with Gasteiger partial charge in [-0.2, -0.15) is 0 Å². The molecule has 1 saturated heterocycles. The predicted molar refractivity (Wildman–Crippen MR) is 64.1 cm³/mol. The van der Waals surface area contributed by atoms with Crippen LogP contribution in [0, 0.1) is 0 Å². The van der Waals surface area contributed by atoms with Crippen LogP contribution in [0.1, 0.15) is 0 Å². The van der Waals surface area contributed by atoms with Crippen molar-refractivity contribution >= 4 is 5.69 Å². The molecule has 0 aromatic heterocycles. The second kappa shape index (κ2) is 5.72. The van der Waals surface area contributed by atoms with Gasteiger partial charge in [-0.15, -0.1) is 0 Å². The van der Waals surface area contributed by atoms with Gasteiger partial charge in [0.15, 0.2) is 0 Å². The Bertz CT molecular complexity index is 325. The second-order valence-electron chi connectivity index (χ2n) is 3.78. The summed E-state index contributed by atoms with van der Waals surface area (Å²) in [5, 5.41) is 12.1. The summed E-state index contributed by atoms with van der Waals surface area (Å²) in [7, 11) is 0. The number of benzene rings is 1. The molecule has 0 amide bonds. The normalized spacial score (nSPS) is 16.2. The fraction of sp³-hybridized carbons (Fsp3) is 0.500. The molecule has 1 aliphatic heterocycles. The van der Waals surface area contributed by atoms with Gasteiger partial charge < -0.3 is 20.1 Å². The fourth-order valence-electron chi connectivity index (χ4n) is 1.90. The van der Waals surface area contributed by atoms with Crippen LogP contribution in [-0.2, 0) is 0 Å². The van der Waals surface area contributed by atoms with Crippen LogP contribution in [0.25, 0.3) is 0 Å². The van der Waals surface area contributed by atoms with Crippen LogP contribution in [0.3, 0.4) is 0 Å². The molecule has 1 aliphatic rings. The van der Waals surface area contributed by atoms with E-state index in [0.29, 0.717) is 6.61 Å². The summed E-state index contributed by atoms with van der Waals surface area (Å²) in [6, 6.07) is 7.99. The molecule has 0 aliphatic carbocycles. The number of anilines is 1. The summed E-state index contributed by atoms with van der Waals surface area (Å²) >= 11 is 0. The van der Waals surface area contributed by atoms with Crippen molar-refractivity contribution in [1.82, 2.24) is 5.32 Å². The molecule has 0 spiro atoms. The molecular weight excluding hydrogens is 204 g/mol. The van der Waals surface area contributed by atoms with Gasteiger partial charge in [0.05, 0.1) is 12.3 Å². The van der Waals surface area contributed by atoms with Crippen LogP contribution in [0.2, 0.25) is 0 Å². The Hall–Kier alpha value is -1.26. The molecule has 0 unspecified atom stereocenters. The molecule has 1 fully saturated rings. The molecule has 0 atom stereocenters. The maximum absolute atomic E-state index is 8.78. The number of rotatable bonds is 4. The zero-order chi connectivity index (χ0) is 11.2. The Kier molecular flexibility index (Phi) is 4.02. The van der Waals surface area contributed by atoms with Gasteiger partial charge in [0.25, 0.3) is 0 Å². The first-order valence-electron chi connectivity index (χ1n) is 5.70. The molecule has 0 radical (unpaired) electrons. The number of para-hydroxylation sites is 2. The number of hydrogen-bond donors (Lipinski definition) is 2. The van der Waals surface area contributed by atoms with E-state index in [1.54, 1.807) is 0 Å². The van der Waals surface area contributed by atoms with Gasteiger partial charge in [-0.25, -0.2) is 0 Å². The summed E-state index contributed by atoms with van der Waals surface area (Å²) < 4.78 is 5.53. The van der Waals surface area contributed by atoms with Crippen LogP contribution < -0.4 is 15.0 Å². The number of ether oxygens (including phenoxy) is 1. The van der Waals surface area contributed by atoms with Gasteiger partial charge in [-0.3, -0.25) is 0 Å². The van der Waals surface area contributed by atoms with E-state index in [4.69, 9.17) is 9.84 Å². The minimum Gasteiger partial charge on any atom is -0.489 e. The van der Waals surface area contributed by atoms with Gasteiger partial charge in [-0.1, -0.05) is 12.1 Å². The number of nitrogens with zero attached hydrogens (tertiary/aromatic N) is 1. The summed E-state index contributed by atoms with van der Waals surface area (Å²) in [6.45, 7) is 4.42. The highest BCUT2D eigenvalue weighted by atomic mass is 16.5. The van der Waals surface area contributed by atoms with E-state index in [1.165, 1.54) is 0 Å². The minimum atomic E-state index is 0.0515. The molecule has 0 saturated carbocycles. The predicted octanol–water partition coefficient (Wildman–Crippen LogP) is 0.467. The maximum Gasteiger partial charge on any atom is 0.142 e. The number of aliphatic hydroxyl groups is 1. The Labute approximate surface area is 95.8 Å². The lowest BCUT2D eigenvalue weighted by atomic mass is 10.2. The van der Waals surface area contributed by atoms with E-state index >= 15 is 0 Å². The average Bonchev–Trinajstić information content (AvgIpc) is 2.38. The Balaban J connectivity index is 2.11. The molecule has 1 heterocycles. The first kappa shape index (κ1) is 11.2. The van der Waals surface area contributed by atoms with Gasteiger partial charge >= 0.3 is 0 Å². The van der Waals surface area contributed by atoms with Crippen LogP contribution in [0.4, 0.5) is 5.69 Å². The standard InChI is InChI=1S/C12H18N2O2/c15-9-10-16-12-4-2-1-3-11(12)14-7-5-13-6-8-14/h1-4,13,15H,5-10H2. The van der Waals surface area contributed by atoms with Crippen LogP contribution in [0.5, 0.6) is 5.75 Å². The first-order valence-corrected chi connectivity index (χ1v) is 5.70. The smallest absolute Gasteiger partial charge is 0.142 e. The van der Waals surface area contributed by atoms with Crippen molar-refractivity contribution in [2.24, 2.45) is 0 Å². The second-order valence-corrected chi connectivity index (χ2v) is 3.78. The van der Waals surface area contributed by atoms with Gasteiger partial charge in [0.2, 0.25) is 0 Å². The zero-order valence-corrected chi connectivity index (χ0v) is 9.35. The Morgan fingerprint density at radius 2 is 2.00 bits per heavy atom. The molecule has 16 heavy (non-hydrogen) atoms. The lowest BCUT2D eigenvalue weighted by Crippen LogP contribution is -2.43. The van der Waals surface area contributed by atoms with Crippen molar-refractivity contribution < 1.29 is 9.84 Å². The Morgan fingerprint density at radius 3 is 2.75 bits per heavy atom. The van der Waals surface area contributed by atoms with E-state index in [2.05, 4.69) is 16.3 Å². The summed E-state index contributed by atoms with van der Waals surface area (Å²) in [4.78, 5) is 2.31. The monoisotopic (exact) mass is 222 g/mol. The molecule has 4 heteroatoms. The summed E-state index contributed by atoms with van der Waals surface area (Å²) in [5.74, 6) is 0.860. The molecule has 2 rings (SSSR count). The summed E-state index contributed by atoms with van der Waals surface area (Å²) in [5.41, 5.74) is 1.12. The van der Waals surface area contributed by atoms with Crippen molar-refractivity contribution in [2.75, 3.05) is 44.3 Å². The van der Waals surface area contributed by atoms with E-state index in [1.807, 2.05) is 18.2 Å². The maximum atomic E-state index is 8.78. The third-order valence-electron chi connectivity index (χ3n) is 2.67. The van der Waals surface area contributed by atoms with Crippen LogP contribution >= 0.6 is 0 Å². The van der Waals surface area contributed by atoms with Crippen LogP contribution in [-0.4, -0.2) is 44.5 Å². The molecule has 88 valence electrons. The highest BCUT2D eigenvalue weighted by Gasteiger charge is 2.14. The molecule has 1 aromatic rings. The Morgan fingerprint density at radius 1 is 1.25 bits per heavy atom. The van der Waals surface area contributed by atoms with Gasteiger partial charge in [0.1, 0.15) is 12.4 Å². The highest BCUT2D eigenvalue weighted by molar-refractivity contribution is 5.58. The molecule has 0 bridgehead atoms. The quantitative estimate of drug-likeness (QED) is 0.777. The topological polar surface area (TPSA) is 44.7 Å². The van der Waals surface area contributed by atoms with E-state index in [0.717, 1.165) is 37.6 Å². The number of nitrogens with one attached hydrogen (secondary N) is 1. The van der Waals surface area contributed by atoms with Crippen molar-refractivity contribution in [2.45, 2.75) is 0 Å². The van der Waals surface area contributed by atoms with Crippen LogP contribution in [0.15, 0.2) is 24.3 Å². The van der Waals surface area contributed by atoms with E-state index < -0.39 is 0 Å². The molecule has 1 aromatic carbocycles. The third kappa shape index (κ3) is 2.65. The number of hydrogen-bond acceptors (Lipinski definition) is 4. The molecule has 2 N–H and O–H groups in total. The lowest BCUT2D eigenvalue weighted by Gasteiger charge is -2.30.